The number of carboxylic acid groups (broad SMARTS) is 1. The average Bonchev–Trinajstić information content (AvgIpc) is 0.765. The van der Waals surface area contributed by atoms with Crippen LogP contribution in [0.2, 0.25) is 15.1 Å². The van der Waals surface area contributed by atoms with Crippen LogP contribution in [0.25, 0.3) is 38.5 Å². The molecule has 4 atom stereocenters. The Morgan fingerprint density at radius 3 is 1.15 bits per heavy atom. The van der Waals surface area contributed by atoms with Crippen molar-refractivity contribution in [3.63, 3.8) is 0 Å². The van der Waals surface area contributed by atoms with E-state index in [1.807, 2.05) is 57.4 Å². The van der Waals surface area contributed by atoms with E-state index in [-0.39, 0.29) is 120 Å². The smallest absolute Gasteiger partial charge is 0.341 e. The first-order valence-corrected chi connectivity index (χ1v) is 40.9. The fourth-order valence-electron chi connectivity index (χ4n) is 14.5. The summed E-state index contributed by atoms with van der Waals surface area (Å²) in [5.74, 6) is 0.208. The molecule has 25 heteroatoms. The average molecular weight is 1710 g/mol. The van der Waals surface area contributed by atoms with Gasteiger partial charge in [-0.3, -0.25) is 33.8 Å². The molecule has 3 aromatic heterocycles. The molecule has 0 aliphatic heterocycles. The van der Waals surface area contributed by atoms with Gasteiger partial charge in [-0.1, -0.05) is 154 Å². The molecule has 3 heterocycles. The minimum absolute atomic E-state index is 0.0181. The molecule has 0 bridgehead atoms. The van der Waals surface area contributed by atoms with Gasteiger partial charge in [0.05, 0.1) is 108 Å². The van der Waals surface area contributed by atoms with Gasteiger partial charge in [0.15, 0.2) is 28.2 Å². The number of aliphatic imine (C=N–C) groups is 1. The fraction of sp³-hybridized carbons (Fsp3) is 0.389. The summed E-state index contributed by atoms with van der Waals surface area (Å²) in [6, 6.07) is 28.3. The zero-order chi connectivity index (χ0) is 89.8. The molecule has 7 aromatic carbocycles. The second-order valence-electron chi connectivity index (χ2n) is 30.6. The number of aromatic nitrogens is 3. The Kier molecular flexibility index (Phi) is 36.6. The standard InChI is InChI=1S/C25H27ClFNO3.C23H23ClFNO5.C20H29NO4.C19H25NO3.C8H8ClF/c1-6-21(14(2)3)28-13-19(15(4)29)25(30)18-11-17(23(31-5)12-22(18)28)10-16-8-7-9-20(26)24(16)27;1-12(2)19(11-27)26-10-16(23(29)30)22(28)15-8-14(20(31-3)9-18(15)26)7-13-5-4-6-17(24)21(13)25;1-8-17(12(2)3)21-11-16(14(5)22)20(23)15-9-13(4)18(24-6)10-19(15)25-7;1-7-16(11(2)3)20-10-15(13(5)21)19(22)14-8-12(4)18(23-6)9-17(14)20;1-2-6-4-3-5-7(9)8(6)10/h7-9,11-14,21H,6,10H2,1-5H3;4-6,8-10,12,19,27H,7,11H2,1-3H3,(H,29,30);9-12,17,23H,8H2,1-7H3;8-11,16H,7H2,1-6H3;3-5H,2H2,1H3/t21-;19-;17-;16-;/m1111./s1. The molecular formula is C95H112Cl3F3N4O15. The van der Waals surface area contributed by atoms with Gasteiger partial charge >= 0.3 is 5.97 Å². The molecule has 10 aromatic rings. The van der Waals surface area contributed by atoms with Gasteiger partial charge in [0.1, 0.15) is 57.5 Å². The number of methoxy groups -OCH3 is 5. The van der Waals surface area contributed by atoms with E-state index in [4.69, 9.17) is 58.5 Å². The topological polar surface area (TPSA) is 253 Å². The highest BCUT2D eigenvalue weighted by atomic mass is 35.5. The quantitative estimate of drug-likeness (QED) is 0.0178. The Labute approximate surface area is 715 Å². The predicted molar refractivity (Wildman–Crippen MR) is 476 cm³/mol. The minimum atomic E-state index is -1.36. The van der Waals surface area contributed by atoms with Gasteiger partial charge in [-0.2, -0.15) is 0 Å². The van der Waals surface area contributed by atoms with E-state index in [1.165, 1.54) is 65.6 Å². The van der Waals surface area contributed by atoms with Crippen molar-refractivity contribution in [1.29, 1.82) is 0 Å². The van der Waals surface area contributed by atoms with Crippen LogP contribution in [0.5, 0.6) is 28.7 Å². The van der Waals surface area contributed by atoms with Gasteiger partial charge in [0.25, 0.3) is 0 Å². The first-order valence-electron chi connectivity index (χ1n) is 39.8. The number of allylic oxidation sites excluding steroid dienone is 1. The summed E-state index contributed by atoms with van der Waals surface area (Å²) in [5.41, 5.74) is 5.64. The normalized spacial score (nSPS) is 12.5. The van der Waals surface area contributed by atoms with Crippen molar-refractivity contribution in [1.82, 2.24) is 13.7 Å². The van der Waals surface area contributed by atoms with Crippen LogP contribution in [0, 0.1) is 55.0 Å². The molecule has 0 aliphatic carbocycles. The first-order chi connectivity index (χ1) is 56.7. The summed E-state index contributed by atoms with van der Waals surface area (Å²) in [5, 5.41) is 31.6. The number of nitrogens with zero attached hydrogens (tertiary/aromatic N) is 4. The Hall–Kier alpha value is -10.5. The summed E-state index contributed by atoms with van der Waals surface area (Å²) < 4.78 is 74.6. The van der Waals surface area contributed by atoms with Crippen LogP contribution in [-0.2, 0) is 24.1 Å². The number of carbonyl (C=O) groups excluding carboxylic acids is 3. The van der Waals surface area contributed by atoms with E-state index in [0.717, 1.165) is 41.7 Å². The van der Waals surface area contributed by atoms with Gasteiger partial charge in [-0.05, 0) is 165 Å². The number of Topliss-reactive ketones (excluding diaryl/α,β-unsaturated/α-hetero) is 3. The van der Waals surface area contributed by atoms with Crippen molar-refractivity contribution in [2.24, 2.45) is 28.7 Å². The lowest BCUT2D eigenvalue weighted by Crippen LogP contribution is -2.25. The summed E-state index contributed by atoms with van der Waals surface area (Å²) in [4.78, 5) is 91.2. The van der Waals surface area contributed by atoms with Gasteiger partial charge in [0, 0.05) is 90.2 Å². The van der Waals surface area contributed by atoms with Crippen LogP contribution < -0.4 is 40.0 Å². The maximum absolute atomic E-state index is 14.5. The van der Waals surface area contributed by atoms with Crippen molar-refractivity contribution >= 4 is 103 Å². The molecular weight excluding hydrogens is 1600 g/mol. The number of hydrogen-bond acceptors (Lipinski definition) is 15. The van der Waals surface area contributed by atoms with Crippen molar-refractivity contribution in [3.8, 4) is 28.7 Å². The SMILES string of the molecule is CC[C@@H](N=CC(C(C)=O)=C(O)c1cc(C)c(OC)cc1OC)C(C)C.CC[C@H](C(C)C)n1cc(C(C)=O)c(=O)c2cc(C)c(OC)cc21.CC[C@H](C(C)C)n1cc(C(C)=O)c(=O)c2cc(Cc3cccc(Cl)c3F)c(OC)cc21.CCc1cccc(Cl)c1F.COc1cc2c(cc1Cc1cccc(Cl)c1F)c(=O)c(C(=O)O)cn2[C@H](CO)C(C)C. The van der Waals surface area contributed by atoms with Crippen molar-refractivity contribution in [2.75, 3.05) is 42.2 Å². The van der Waals surface area contributed by atoms with E-state index in [2.05, 4.69) is 71.9 Å². The van der Waals surface area contributed by atoms with Crippen LogP contribution in [-0.4, -0.2) is 107 Å². The first kappa shape index (κ1) is 98.3. The zero-order valence-electron chi connectivity index (χ0n) is 72.5. The van der Waals surface area contributed by atoms with E-state index in [9.17, 15) is 62.1 Å². The number of pyridine rings is 3. The molecule has 0 spiro atoms. The van der Waals surface area contributed by atoms with E-state index >= 15 is 0 Å². The maximum Gasteiger partial charge on any atom is 0.341 e. The van der Waals surface area contributed by atoms with Crippen LogP contribution in [0.4, 0.5) is 13.2 Å². The Balaban J connectivity index is 0.000000240. The van der Waals surface area contributed by atoms with Gasteiger partial charge in [0.2, 0.25) is 5.43 Å². The van der Waals surface area contributed by atoms with Crippen molar-refractivity contribution < 1.29 is 71.4 Å². The van der Waals surface area contributed by atoms with Gasteiger partial charge in [-0.25, -0.2) is 18.0 Å². The minimum Gasteiger partial charge on any atom is -0.506 e. The third kappa shape index (κ3) is 23.3. The lowest BCUT2D eigenvalue weighted by molar-refractivity contribution is -0.113. The van der Waals surface area contributed by atoms with E-state index in [1.54, 1.807) is 105 Å². The molecule has 644 valence electrons. The molecule has 19 nitrogen and oxygen atoms in total. The van der Waals surface area contributed by atoms with Crippen molar-refractivity contribution in [2.45, 2.75) is 180 Å². The number of aromatic carboxylic acids is 1. The van der Waals surface area contributed by atoms with Crippen LogP contribution in [0.1, 0.15) is 217 Å². The number of carbonyl (C=O) groups is 4. The number of ketones is 3. The second kappa shape index (κ2) is 44.7. The number of carboxylic acids is 1. The predicted octanol–water partition coefficient (Wildman–Crippen LogP) is 22.0. The number of benzene rings is 7. The zero-order valence-corrected chi connectivity index (χ0v) is 74.8. The Bertz CT molecular complexity index is 5440. The number of rotatable bonds is 28. The Morgan fingerprint density at radius 2 is 0.808 bits per heavy atom. The maximum atomic E-state index is 14.5. The fourth-order valence-corrected chi connectivity index (χ4v) is 15.1. The van der Waals surface area contributed by atoms with Crippen LogP contribution in [0.15, 0.2) is 147 Å². The highest BCUT2D eigenvalue weighted by Gasteiger charge is 2.28. The van der Waals surface area contributed by atoms with E-state index < -0.39 is 34.6 Å². The lowest BCUT2D eigenvalue weighted by atomic mass is 9.97. The third-order valence-corrected chi connectivity index (χ3v) is 22.1. The molecule has 0 saturated heterocycles. The van der Waals surface area contributed by atoms with E-state index in [0.29, 0.717) is 102 Å². The molecule has 10 rings (SSSR count). The number of aliphatic hydroxyl groups excluding tert-OH is 2. The molecule has 120 heavy (non-hydrogen) atoms. The highest BCUT2D eigenvalue weighted by Crippen LogP contribution is 2.38. The van der Waals surface area contributed by atoms with Crippen molar-refractivity contribution in [3.05, 3.63) is 252 Å². The molecule has 0 unspecified atom stereocenters. The number of hydrogen-bond donors (Lipinski definition) is 3. The number of aliphatic hydroxyl groups is 2. The summed E-state index contributed by atoms with van der Waals surface area (Å²) in [7, 11) is 7.71. The lowest BCUT2D eigenvalue weighted by Gasteiger charge is -2.26. The number of fused-ring (bicyclic) bond motifs is 3. The van der Waals surface area contributed by atoms with Crippen LogP contribution >= 0.6 is 34.8 Å². The van der Waals surface area contributed by atoms with Crippen LogP contribution in [0.3, 0.4) is 0 Å². The Morgan fingerprint density at radius 1 is 0.450 bits per heavy atom. The number of halogens is 6. The number of ether oxygens (including phenoxy) is 5. The highest BCUT2D eigenvalue weighted by molar-refractivity contribution is 6.31. The molecule has 0 aliphatic rings. The van der Waals surface area contributed by atoms with Gasteiger partial charge < -0.3 is 52.7 Å². The number of aryl methyl sites for hydroxylation is 3. The molecule has 3 N–H and O–H groups in total. The molecule has 0 radical (unpaired) electrons. The monoisotopic (exact) mass is 1710 g/mol. The summed E-state index contributed by atoms with van der Waals surface area (Å²) >= 11 is 17.3. The molecule has 0 saturated carbocycles. The largest absolute Gasteiger partial charge is 0.506 e. The molecule has 0 fully saturated rings. The summed E-state index contributed by atoms with van der Waals surface area (Å²) in [6.45, 7) is 32.4. The molecule has 0 amide bonds. The summed E-state index contributed by atoms with van der Waals surface area (Å²) in [6.07, 6.45) is 9.72. The second-order valence-corrected chi connectivity index (χ2v) is 31.8. The van der Waals surface area contributed by atoms with Gasteiger partial charge in [-0.15, -0.1) is 0 Å². The third-order valence-electron chi connectivity index (χ3n) is 21.2.